The van der Waals surface area contributed by atoms with Gasteiger partial charge in [0.25, 0.3) is 0 Å². The minimum absolute atomic E-state index is 0.0467. The highest BCUT2D eigenvalue weighted by Crippen LogP contribution is 2.29. The lowest BCUT2D eigenvalue weighted by molar-refractivity contribution is -0.115. The Labute approximate surface area is 94.2 Å². The van der Waals surface area contributed by atoms with E-state index in [-0.39, 0.29) is 11.7 Å². The lowest BCUT2D eigenvalue weighted by Crippen LogP contribution is -2.25. The van der Waals surface area contributed by atoms with Crippen LogP contribution in [0.3, 0.4) is 0 Å². The predicted octanol–water partition coefficient (Wildman–Crippen LogP) is 2.60. The maximum absolute atomic E-state index is 11.4. The number of halogens is 2. The summed E-state index contributed by atoms with van der Waals surface area (Å²) in [5, 5.41) is 0.608. The van der Waals surface area contributed by atoms with Crippen LogP contribution in [0.4, 0.5) is 0 Å². The molecule has 2 rings (SSSR count). The predicted molar refractivity (Wildman–Crippen MR) is 61.1 cm³/mol. The molecule has 2 nitrogen and oxygen atoms in total. The van der Waals surface area contributed by atoms with Gasteiger partial charge in [0.05, 0.1) is 11.6 Å². The van der Waals surface area contributed by atoms with Gasteiger partial charge in [0.2, 0.25) is 0 Å². The first-order chi connectivity index (χ1) is 6.18. The van der Waals surface area contributed by atoms with Crippen molar-refractivity contribution < 1.29 is 4.79 Å². The molecule has 1 aliphatic heterocycles. The van der Waals surface area contributed by atoms with Gasteiger partial charge in [0.15, 0.2) is 5.78 Å². The molecule has 0 saturated carbocycles. The summed E-state index contributed by atoms with van der Waals surface area (Å²) in [7, 11) is 0. The van der Waals surface area contributed by atoms with Crippen molar-refractivity contribution in [3.8, 4) is 0 Å². The number of hydrogen-bond donors (Lipinski definition) is 0. The Morgan fingerprint density at radius 2 is 2.31 bits per heavy atom. The van der Waals surface area contributed by atoms with Crippen LogP contribution in [0.25, 0.3) is 0 Å². The highest BCUT2D eigenvalue weighted by Gasteiger charge is 2.27. The molecule has 0 N–H and O–H groups in total. The molecule has 0 aromatic carbocycles. The quantitative estimate of drug-likeness (QED) is 0.633. The van der Waals surface area contributed by atoms with Crippen molar-refractivity contribution in [2.75, 3.05) is 0 Å². The van der Waals surface area contributed by atoms with Crippen LogP contribution in [0, 0.1) is 5.92 Å². The van der Waals surface area contributed by atoms with Gasteiger partial charge in [-0.3, -0.25) is 9.79 Å². The van der Waals surface area contributed by atoms with Crippen LogP contribution in [-0.4, -0.2) is 11.5 Å². The Morgan fingerprint density at radius 3 is 3.08 bits per heavy atom. The van der Waals surface area contributed by atoms with E-state index in [0.717, 1.165) is 9.29 Å². The van der Waals surface area contributed by atoms with Gasteiger partial charge in [-0.25, -0.2) is 0 Å². The standard InChI is InChI=1S/C9H5ClINO/c10-5-3-6-8(13)1-2-12-9(6)7(11)4-5/h1-4,6H. The number of carbonyl (C=O) groups is 1. The Morgan fingerprint density at radius 1 is 1.54 bits per heavy atom. The van der Waals surface area contributed by atoms with Gasteiger partial charge >= 0.3 is 0 Å². The fourth-order valence-corrected chi connectivity index (χ4v) is 2.51. The topological polar surface area (TPSA) is 29.4 Å². The zero-order valence-corrected chi connectivity index (χ0v) is 9.41. The number of aliphatic imine (C=N–C) groups is 1. The highest BCUT2D eigenvalue weighted by molar-refractivity contribution is 14.1. The van der Waals surface area contributed by atoms with Gasteiger partial charge in [-0.2, -0.15) is 0 Å². The van der Waals surface area contributed by atoms with E-state index in [1.807, 2.05) is 6.08 Å². The lowest BCUT2D eigenvalue weighted by atomic mass is 9.92. The third-order valence-corrected chi connectivity index (χ3v) is 2.99. The van der Waals surface area contributed by atoms with Gasteiger partial charge in [0, 0.05) is 20.9 Å². The summed E-state index contributed by atoms with van der Waals surface area (Å²) >= 11 is 7.98. The molecule has 2 aliphatic rings. The lowest BCUT2D eigenvalue weighted by Gasteiger charge is -2.19. The van der Waals surface area contributed by atoms with Gasteiger partial charge in [-0.1, -0.05) is 11.6 Å². The van der Waals surface area contributed by atoms with Crippen LogP contribution in [0.15, 0.2) is 38.0 Å². The van der Waals surface area contributed by atoms with E-state index in [9.17, 15) is 4.79 Å². The van der Waals surface area contributed by atoms with Crippen LogP contribution < -0.4 is 0 Å². The van der Waals surface area contributed by atoms with E-state index in [1.54, 1.807) is 6.08 Å². The molecule has 0 amide bonds. The van der Waals surface area contributed by atoms with Gasteiger partial charge in [-0.05, 0) is 34.7 Å². The molecular weight excluding hydrogens is 300 g/mol. The van der Waals surface area contributed by atoms with Crippen LogP contribution in [0.5, 0.6) is 0 Å². The molecule has 1 heterocycles. The molecule has 0 saturated heterocycles. The Hall–Kier alpha value is -0.420. The van der Waals surface area contributed by atoms with E-state index in [1.165, 1.54) is 12.3 Å². The van der Waals surface area contributed by atoms with Crippen molar-refractivity contribution in [3.63, 3.8) is 0 Å². The van der Waals surface area contributed by atoms with Crippen LogP contribution in [0.1, 0.15) is 0 Å². The van der Waals surface area contributed by atoms with Crippen LogP contribution >= 0.6 is 34.2 Å². The normalized spacial score (nSPS) is 26.2. The van der Waals surface area contributed by atoms with Crippen LogP contribution in [0.2, 0.25) is 0 Å². The number of hydrogen-bond acceptors (Lipinski definition) is 2. The molecule has 0 radical (unpaired) electrons. The first kappa shape index (κ1) is 9.15. The van der Waals surface area contributed by atoms with Crippen molar-refractivity contribution in [2.24, 2.45) is 10.9 Å². The van der Waals surface area contributed by atoms with E-state index in [0.29, 0.717) is 5.03 Å². The van der Waals surface area contributed by atoms with Gasteiger partial charge in [-0.15, -0.1) is 0 Å². The van der Waals surface area contributed by atoms with Crippen molar-refractivity contribution >= 4 is 45.7 Å². The maximum atomic E-state index is 11.4. The molecule has 1 atom stereocenters. The zero-order chi connectivity index (χ0) is 9.42. The first-order valence-electron chi connectivity index (χ1n) is 3.71. The van der Waals surface area contributed by atoms with E-state index in [4.69, 9.17) is 11.6 Å². The van der Waals surface area contributed by atoms with Crippen molar-refractivity contribution in [2.45, 2.75) is 0 Å². The summed E-state index contributed by atoms with van der Waals surface area (Å²) < 4.78 is 0.938. The summed E-state index contributed by atoms with van der Waals surface area (Å²) in [6.07, 6.45) is 6.55. The number of carbonyl (C=O) groups excluding carboxylic acids is 1. The summed E-state index contributed by atoms with van der Waals surface area (Å²) in [6, 6.07) is 0. The SMILES string of the molecule is O=C1C=CN=C2C(I)=CC(Cl)=CC12. The van der Waals surface area contributed by atoms with Crippen molar-refractivity contribution in [1.82, 2.24) is 0 Å². The number of nitrogens with zero attached hydrogens (tertiary/aromatic N) is 1. The molecular formula is C9H5ClINO. The maximum Gasteiger partial charge on any atom is 0.170 e. The van der Waals surface area contributed by atoms with Crippen molar-refractivity contribution in [3.05, 3.63) is 33.0 Å². The molecule has 0 spiro atoms. The Balaban J connectivity index is 2.50. The summed E-state index contributed by atoms with van der Waals surface area (Å²) in [5.74, 6) is -0.222. The number of ketones is 1. The highest BCUT2D eigenvalue weighted by atomic mass is 127. The minimum atomic E-state index is -0.269. The number of fused-ring (bicyclic) bond motifs is 1. The summed E-state index contributed by atoms with van der Waals surface area (Å²) in [6.45, 7) is 0. The molecule has 1 aliphatic carbocycles. The Bertz CT molecular complexity index is 392. The molecule has 0 fully saturated rings. The van der Waals surface area contributed by atoms with Crippen LogP contribution in [-0.2, 0) is 4.79 Å². The van der Waals surface area contributed by atoms with E-state index < -0.39 is 0 Å². The minimum Gasteiger partial charge on any atom is -0.294 e. The molecule has 0 aromatic rings. The Kier molecular flexibility index (Phi) is 2.38. The molecule has 4 heteroatoms. The average Bonchev–Trinajstić information content (AvgIpc) is 2.07. The average molecular weight is 306 g/mol. The van der Waals surface area contributed by atoms with E-state index >= 15 is 0 Å². The third kappa shape index (κ3) is 1.62. The second-order valence-electron chi connectivity index (χ2n) is 2.75. The third-order valence-electron chi connectivity index (χ3n) is 1.89. The molecule has 0 aromatic heterocycles. The zero-order valence-electron chi connectivity index (χ0n) is 6.50. The molecule has 1 unspecified atom stereocenters. The largest absolute Gasteiger partial charge is 0.294 e. The second kappa shape index (κ2) is 3.38. The van der Waals surface area contributed by atoms with Crippen molar-refractivity contribution in [1.29, 1.82) is 0 Å². The smallest absolute Gasteiger partial charge is 0.170 e. The molecule has 13 heavy (non-hydrogen) atoms. The summed E-state index contributed by atoms with van der Waals surface area (Å²) in [4.78, 5) is 15.6. The first-order valence-corrected chi connectivity index (χ1v) is 5.17. The van der Waals surface area contributed by atoms with Gasteiger partial charge < -0.3 is 0 Å². The van der Waals surface area contributed by atoms with E-state index in [2.05, 4.69) is 27.6 Å². The summed E-state index contributed by atoms with van der Waals surface area (Å²) in [5.41, 5.74) is 0.803. The fourth-order valence-electron chi connectivity index (χ4n) is 1.28. The van der Waals surface area contributed by atoms with Gasteiger partial charge in [0.1, 0.15) is 0 Å². The number of rotatable bonds is 0. The second-order valence-corrected chi connectivity index (χ2v) is 4.35. The molecule has 0 bridgehead atoms. The fraction of sp³-hybridized carbons (Fsp3) is 0.111. The number of allylic oxidation sites excluding steroid dienone is 5. The monoisotopic (exact) mass is 305 g/mol. The molecule has 66 valence electrons.